The lowest BCUT2D eigenvalue weighted by Crippen LogP contribution is -2.31. The van der Waals surface area contributed by atoms with E-state index >= 15 is 0 Å². The molecule has 0 radical (unpaired) electrons. The Morgan fingerprint density at radius 2 is 1.79 bits per heavy atom. The Balaban J connectivity index is 1.94. The summed E-state index contributed by atoms with van der Waals surface area (Å²) < 4.78 is 39.8. The van der Waals surface area contributed by atoms with Gasteiger partial charge in [0, 0.05) is 29.9 Å². The Bertz CT molecular complexity index is 849. The Morgan fingerprint density at radius 3 is 2.45 bits per heavy atom. The minimum atomic E-state index is -4.56. The molecular weight excluding hydrogens is 399 g/mol. The molecule has 2 aromatic rings. The fraction of sp³-hybridized carbons (Fsp3) is 0.429. The number of carbonyl (C=O) groups excluding carboxylic acids is 1. The normalized spacial score (nSPS) is 15.5. The molecule has 2 heterocycles. The average Bonchev–Trinajstić information content (AvgIpc) is 2.67. The topological polar surface area (TPSA) is 45.2 Å². The number of nitrogens with one attached hydrogen (secondary N) is 1. The fourth-order valence-electron chi connectivity index (χ4n) is 3.39. The molecule has 1 amide bonds. The molecule has 0 unspecified atom stereocenters. The maximum Gasteiger partial charge on any atom is 0.417 e. The summed E-state index contributed by atoms with van der Waals surface area (Å²) in [6.07, 6.45) is 3.33. The van der Waals surface area contributed by atoms with Gasteiger partial charge in [-0.15, -0.1) is 11.8 Å². The first-order chi connectivity index (χ1) is 13.9. The Morgan fingerprint density at radius 1 is 1.10 bits per heavy atom. The molecule has 0 atom stereocenters. The molecule has 0 bridgehead atoms. The zero-order valence-electron chi connectivity index (χ0n) is 16.3. The highest BCUT2D eigenvalue weighted by atomic mass is 32.2. The highest BCUT2D eigenvalue weighted by Crippen LogP contribution is 2.32. The van der Waals surface area contributed by atoms with Gasteiger partial charge in [0.15, 0.2) is 0 Å². The van der Waals surface area contributed by atoms with Crippen molar-refractivity contribution in [2.45, 2.75) is 43.2 Å². The van der Waals surface area contributed by atoms with Gasteiger partial charge in [-0.25, -0.2) is 4.98 Å². The van der Waals surface area contributed by atoms with Crippen LogP contribution in [0.5, 0.6) is 0 Å². The Kier molecular flexibility index (Phi) is 7.05. The van der Waals surface area contributed by atoms with Gasteiger partial charge in [0.05, 0.1) is 11.1 Å². The first-order valence-corrected chi connectivity index (χ1v) is 10.9. The number of rotatable bonds is 4. The number of alkyl halides is 3. The number of amides is 1. The zero-order chi connectivity index (χ0) is 20.9. The molecule has 1 aliphatic heterocycles. The minimum Gasteiger partial charge on any atom is -0.356 e. The van der Waals surface area contributed by atoms with Crippen LogP contribution in [0, 0.1) is 0 Å². The molecule has 0 spiro atoms. The van der Waals surface area contributed by atoms with Crippen molar-refractivity contribution in [3.05, 3.63) is 47.7 Å². The first-order valence-electron chi connectivity index (χ1n) is 9.66. The van der Waals surface area contributed by atoms with Crippen LogP contribution in [0.3, 0.4) is 0 Å². The second-order valence-electron chi connectivity index (χ2n) is 7.03. The number of thioether (sulfide) groups is 1. The molecule has 1 aliphatic rings. The molecule has 1 fully saturated rings. The minimum absolute atomic E-state index is 0.0463. The molecule has 1 saturated heterocycles. The highest BCUT2D eigenvalue weighted by Gasteiger charge is 2.33. The van der Waals surface area contributed by atoms with Crippen molar-refractivity contribution < 1.29 is 18.0 Å². The van der Waals surface area contributed by atoms with E-state index in [0.29, 0.717) is 24.6 Å². The van der Waals surface area contributed by atoms with E-state index in [9.17, 15) is 18.0 Å². The van der Waals surface area contributed by atoms with Crippen molar-refractivity contribution in [1.29, 1.82) is 0 Å². The maximum atomic E-state index is 13.3. The van der Waals surface area contributed by atoms with Crippen molar-refractivity contribution in [3.63, 3.8) is 0 Å². The molecule has 1 aromatic carbocycles. The van der Waals surface area contributed by atoms with E-state index in [1.54, 1.807) is 18.2 Å². The molecule has 1 N–H and O–H groups in total. The van der Waals surface area contributed by atoms with Crippen molar-refractivity contribution in [3.8, 4) is 0 Å². The lowest BCUT2D eigenvalue weighted by atomic mass is 10.1. The van der Waals surface area contributed by atoms with E-state index < -0.39 is 17.6 Å². The van der Waals surface area contributed by atoms with Crippen molar-refractivity contribution >= 4 is 29.2 Å². The van der Waals surface area contributed by atoms with E-state index in [2.05, 4.69) is 10.3 Å². The van der Waals surface area contributed by atoms with Crippen LogP contribution in [-0.2, 0) is 6.18 Å². The van der Waals surface area contributed by atoms with Crippen molar-refractivity contribution in [2.24, 2.45) is 0 Å². The third kappa shape index (κ3) is 5.65. The van der Waals surface area contributed by atoms with Gasteiger partial charge >= 0.3 is 6.18 Å². The van der Waals surface area contributed by atoms with Crippen LogP contribution in [0.4, 0.5) is 24.7 Å². The molecule has 3 rings (SSSR count). The number of halogens is 3. The van der Waals surface area contributed by atoms with E-state index in [1.165, 1.54) is 11.8 Å². The fourth-order valence-corrected chi connectivity index (χ4v) is 3.85. The van der Waals surface area contributed by atoms with Crippen LogP contribution in [0.25, 0.3) is 0 Å². The zero-order valence-corrected chi connectivity index (χ0v) is 17.1. The molecule has 29 heavy (non-hydrogen) atoms. The molecule has 1 aromatic heterocycles. The largest absolute Gasteiger partial charge is 0.417 e. The van der Waals surface area contributed by atoms with Gasteiger partial charge in [-0.1, -0.05) is 25.3 Å². The van der Waals surface area contributed by atoms with Gasteiger partial charge in [-0.3, -0.25) is 4.79 Å². The number of nitrogens with zero attached hydrogens (tertiary/aromatic N) is 2. The standard InChI is InChI=1S/C21H24F3N3OS/c1-29-17-9-7-8-16(13-17)26-20(28)18-12-15(21(22,23)24)14-25-19(18)27-10-5-3-2-4-6-11-27/h7-9,12-14H,2-6,10-11H2,1H3,(H,26,28). The van der Waals surface area contributed by atoms with Gasteiger partial charge in [-0.05, 0) is 43.4 Å². The second kappa shape index (κ2) is 9.52. The summed E-state index contributed by atoms with van der Waals surface area (Å²) in [5.74, 6) is -0.266. The summed E-state index contributed by atoms with van der Waals surface area (Å²) in [6.45, 7) is 1.36. The monoisotopic (exact) mass is 423 g/mol. The van der Waals surface area contributed by atoms with Gasteiger partial charge < -0.3 is 10.2 Å². The van der Waals surface area contributed by atoms with Crippen molar-refractivity contribution in [1.82, 2.24) is 4.98 Å². The van der Waals surface area contributed by atoms with E-state index in [-0.39, 0.29) is 5.56 Å². The third-order valence-electron chi connectivity index (χ3n) is 4.92. The molecule has 156 valence electrons. The Hall–Kier alpha value is -2.22. The number of pyridine rings is 1. The van der Waals surface area contributed by atoms with E-state index in [0.717, 1.165) is 49.3 Å². The Labute approximate surface area is 172 Å². The maximum absolute atomic E-state index is 13.3. The van der Waals surface area contributed by atoms with Gasteiger partial charge in [0.1, 0.15) is 5.82 Å². The van der Waals surface area contributed by atoms with Crippen LogP contribution in [0.1, 0.15) is 48.0 Å². The first kappa shape index (κ1) is 21.5. The number of hydrogen-bond donors (Lipinski definition) is 1. The van der Waals surface area contributed by atoms with Gasteiger partial charge in [0.2, 0.25) is 0 Å². The van der Waals surface area contributed by atoms with E-state index in [4.69, 9.17) is 0 Å². The SMILES string of the molecule is CSc1cccc(NC(=O)c2cc(C(F)(F)F)cnc2N2CCCCCCC2)c1. The lowest BCUT2D eigenvalue weighted by Gasteiger charge is -2.27. The molecule has 0 aliphatic carbocycles. The third-order valence-corrected chi connectivity index (χ3v) is 5.65. The van der Waals surface area contributed by atoms with Crippen LogP contribution >= 0.6 is 11.8 Å². The average molecular weight is 424 g/mol. The summed E-state index contributed by atoms with van der Waals surface area (Å²) in [5, 5.41) is 2.73. The van der Waals surface area contributed by atoms with E-state index in [1.807, 2.05) is 17.2 Å². The van der Waals surface area contributed by atoms with Crippen molar-refractivity contribution in [2.75, 3.05) is 29.6 Å². The summed E-state index contributed by atoms with van der Waals surface area (Å²) in [7, 11) is 0. The van der Waals surface area contributed by atoms with Gasteiger partial charge in [0.25, 0.3) is 5.91 Å². The summed E-state index contributed by atoms with van der Waals surface area (Å²) in [6, 6.07) is 8.12. The van der Waals surface area contributed by atoms with Gasteiger partial charge in [-0.2, -0.15) is 13.2 Å². The number of carbonyl (C=O) groups is 1. The quantitative estimate of drug-likeness (QED) is 0.627. The smallest absolute Gasteiger partial charge is 0.356 e. The second-order valence-corrected chi connectivity index (χ2v) is 7.91. The number of hydrogen-bond acceptors (Lipinski definition) is 4. The van der Waals surface area contributed by atoms with Crippen LogP contribution in [0.2, 0.25) is 0 Å². The molecule has 4 nitrogen and oxygen atoms in total. The number of anilines is 2. The van der Waals surface area contributed by atoms with Crippen LogP contribution in [-0.4, -0.2) is 30.2 Å². The molecule has 8 heteroatoms. The summed E-state index contributed by atoms with van der Waals surface area (Å²) >= 11 is 1.52. The van der Waals surface area contributed by atoms with Crippen LogP contribution < -0.4 is 10.2 Å². The number of benzene rings is 1. The summed E-state index contributed by atoms with van der Waals surface area (Å²) in [4.78, 5) is 19.9. The predicted octanol–water partition coefficient (Wildman–Crippen LogP) is 5.85. The predicted molar refractivity (Wildman–Crippen MR) is 111 cm³/mol. The summed E-state index contributed by atoms with van der Waals surface area (Å²) in [5.41, 5.74) is -0.427. The number of aromatic nitrogens is 1. The van der Waals surface area contributed by atoms with Crippen LogP contribution in [0.15, 0.2) is 41.4 Å². The molecule has 0 saturated carbocycles. The lowest BCUT2D eigenvalue weighted by molar-refractivity contribution is -0.137. The highest BCUT2D eigenvalue weighted by molar-refractivity contribution is 7.98. The molecular formula is C21H24F3N3OS.